The Bertz CT molecular complexity index is 1330. The van der Waals surface area contributed by atoms with E-state index in [4.69, 9.17) is 0 Å². The summed E-state index contributed by atoms with van der Waals surface area (Å²) in [6, 6.07) is 5.24. The van der Waals surface area contributed by atoms with Crippen LogP contribution in [0, 0.1) is 12.7 Å². The van der Waals surface area contributed by atoms with Gasteiger partial charge in [0.05, 0.1) is 17.1 Å². The molecule has 6 nitrogen and oxygen atoms in total. The summed E-state index contributed by atoms with van der Waals surface area (Å²) >= 11 is 0. The minimum atomic E-state index is -0.310. The molecular weight excluding hydrogens is 357 g/mol. The number of aromatic nitrogens is 5. The number of halogens is 1. The highest BCUT2D eigenvalue weighted by atomic mass is 19.1. The van der Waals surface area contributed by atoms with Gasteiger partial charge in [-0.25, -0.2) is 9.37 Å². The molecule has 0 radical (unpaired) electrons. The van der Waals surface area contributed by atoms with Gasteiger partial charge in [-0.2, -0.15) is 5.10 Å². The highest BCUT2D eigenvalue weighted by Crippen LogP contribution is 2.43. The first-order chi connectivity index (χ1) is 13.6. The molecule has 4 heterocycles. The van der Waals surface area contributed by atoms with E-state index in [9.17, 15) is 9.18 Å². The first-order valence-electron chi connectivity index (χ1n) is 9.68. The van der Waals surface area contributed by atoms with E-state index >= 15 is 0 Å². The van der Waals surface area contributed by atoms with Gasteiger partial charge in [0.15, 0.2) is 5.52 Å². The Labute approximate surface area is 159 Å². The van der Waals surface area contributed by atoms with E-state index in [1.165, 1.54) is 6.07 Å². The van der Waals surface area contributed by atoms with Gasteiger partial charge in [-0.3, -0.25) is 19.4 Å². The van der Waals surface area contributed by atoms with E-state index in [0.29, 0.717) is 33.5 Å². The van der Waals surface area contributed by atoms with Crippen molar-refractivity contribution in [3.8, 4) is 5.69 Å². The zero-order valence-corrected chi connectivity index (χ0v) is 15.4. The van der Waals surface area contributed by atoms with Crippen LogP contribution in [0.4, 0.5) is 4.39 Å². The summed E-state index contributed by atoms with van der Waals surface area (Å²) in [7, 11) is 0. The summed E-state index contributed by atoms with van der Waals surface area (Å²) in [6.07, 6.45) is 5.76. The lowest BCUT2D eigenvalue weighted by molar-refractivity contribution is 0.603. The van der Waals surface area contributed by atoms with E-state index in [1.807, 2.05) is 19.1 Å². The van der Waals surface area contributed by atoms with Gasteiger partial charge in [0.1, 0.15) is 11.5 Å². The number of aryl methyl sites for hydroxylation is 1. The highest BCUT2D eigenvalue weighted by molar-refractivity contribution is 6.05. The lowest BCUT2D eigenvalue weighted by Gasteiger charge is -2.15. The molecule has 0 aromatic carbocycles. The molecule has 7 heteroatoms. The highest BCUT2D eigenvalue weighted by Gasteiger charge is 2.32. The minimum Gasteiger partial charge on any atom is -0.281 e. The molecule has 0 amide bonds. The molecule has 2 saturated carbocycles. The van der Waals surface area contributed by atoms with Gasteiger partial charge in [-0.15, -0.1) is 0 Å². The largest absolute Gasteiger partial charge is 0.285 e. The van der Waals surface area contributed by atoms with Crippen LogP contribution in [0.15, 0.2) is 29.2 Å². The van der Waals surface area contributed by atoms with E-state index in [2.05, 4.69) is 20.2 Å². The molecule has 4 aromatic rings. The quantitative estimate of drug-likeness (QED) is 0.590. The summed E-state index contributed by atoms with van der Waals surface area (Å²) in [4.78, 5) is 22.7. The second-order valence-electron chi connectivity index (χ2n) is 7.90. The minimum absolute atomic E-state index is 0.144. The van der Waals surface area contributed by atoms with Crippen LogP contribution in [0.1, 0.15) is 54.6 Å². The smallest absolute Gasteiger partial charge is 0.281 e. The zero-order valence-electron chi connectivity index (χ0n) is 15.4. The van der Waals surface area contributed by atoms with Crippen molar-refractivity contribution in [1.82, 2.24) is 24.7 Å². The maximum absolute atomic E-state index is 14.8. The second kappa shape index (κ2) is 5.47. The molecule has 0 aliphatic heterocycles. The van der Waals surface area contributed by atoms with Crippen LogP contribution in [0.25, 0.3) is 27.6 Å². The molecule has 6 rings (SSSR count). The van der Waals surface area contributed by atoms with Crippen LogP contribution in [-0.4, -0.2) is 24.7 Å². The average molecular weight is 375 g/mol. The fourth-order valence-electron chi connectivity index (χ4n) is 4.10. The summed E-state index contributed by atoms with van der Waals surface area (Å²) < 4.78 is 16.4. The first-order valence-corrected chi connectivity index (χ1v) is 9.68. The molecule has 1 N–H and O–H groups in total. The number of pyridine rings is 3. The number of hydrogen-bond acceptors (Lipinski definition) is 4. The summed E-state index contributed by atoms with van der Waals surface area (Å²) in [5, 5.41) is 8.34. The number of nitrogens with one attached hydrogen (secondary N) is 1. The molecule has 28 heavy (non-hydrogen) atoms. The van der Waals surface area contributed by atoms with E-state index in [0.717, 1.165) is 42.8 Å². The second-order valence-corrected chi connectivity index (χ2v) is 7.90. The molecule has 4 aromatic heterocycles. The van der Waals surface area contributed by atoms with Gasteiger partial charge >= 0.3 is 0 Å². The summed E-state index contributed by atoms with van der Waals surface area (Å²) in [5.41, 5.74) is 3.36. The standard InChI is InChI=1S/C21H18FN5O/c1-10-16-13-9-14(22)17(11-4-5-11)24-20(13)27(21(28)19(16)26-25-10)15-3-2-8-23-18(15)12-6-7-12/h2-3,8-9,11-12H,4-7H2,1H3,(H,25,26). The molecular formula is C21H18FN5O. The normalized spacial score (nSPS) is 16.9. The van der Waals surface area contributed by atoms with Crippen LogP contribution in [0.2, 0.25) is 0 Å². The molecule has 0 unspecified atom stereocenters. The van der Waals surface area contributed by atoms with Crippen molar-refractivity contribution in [3.63, 3.8) is 0 Å². The maximum Gasteiger partial charge on any atom is 0.285 e. The van der Waals surface area contributed by atoms with Crippen molar-refractivity contribution in [2.24, 2.45) is 0 Å². The summed E-state index contributed by atoms with van der Waals surface area (Å²) in [6.45, 7) is 1.84. The topological polar surface area (TPSA) is 76.5 Å². The predicted molar refractivity (Wildman–Crippen MR) is 103 cm³/mol. The third-order valence-electron chi connectivity index (χ3n) is 5.80. The number of hydrogen-bond donors (Lipinski definition) is 1. The molecule has 0 bridgehead atoms. The van der Waals surface area contributed by atoms with Gasteiger partial charge in [-0.1, -0.05) is 0 Å². The Kier molecular flexibility index (Phi) is 3.11. The lowest BCUT2D eigenvalue weighted by atomic mass is 10.1. The Morgan fingerprint density at radius 1 is 1.18 bits per heavy atom. The van der Waals surface area contributed by atoms with Crippen LogP contribution < -0.4 is 5.56 Å². The lowest BCUT2D eigenvalue weighted by Crippen LogP contribution is -2.22. The SMILES string of the molecule is Cc1[nH]nc2c(=O)n(-c3cccnc3C3CC3)c3nc(C4CC4)c(F)cc3c12. The average Bonchev–Trinajstić information content (AvgIpc) is 3.60. The molecule has 2 aliphatic carbocycles. The number of H-pyrrole nitrogens is 1. The van der Waals surface area contributed by atoms with Gasteiger partial charge < -0.3 is 0 Å². The van der Waals surface area contributed by atoms with Crippen molar-refractivity contribution in [2.75, 3.05) is 0 Å². The van der Waals surface area contributed by atoms with Crippen LogP contribution >= 0.6 is 0 Å². The number of rotatable bonds is 3. The van der Waals surface area contributed by atoms with Gasteiger partial charge in [0.2, 0.25) is 0 Å². The van der Waals surface area contributed by atoms with Crippen LogP contribution in [-0.2, 0) is 0 Å². The van der Waals surface area contributed by atoms with E-state index < -0.39 is 0 Å². The molecule has 0 spiro atoms. The number of aromatic amines is 1. The third-order valence-corrected chi connectivity index (χ3v) is 5.80. The Morgan fingerprint density at radius 3 is 2.68 bits per heavy atom. The Hall–Kier alpha value is -3.09. The fraction of sp³-hybridized carbons (Fsp3) is 0.333. The Balaban J connectivity index is 1.80. The third kappa shape index (κ3) is 2.19. The van der Waals surface area contributed by atoms with Crippen molar-refractivity contribution >= 4 is 21.9 Å². The van der Waals surface area contributed by atoms with Gasteiger partial charge in [-0.05, 0) is 50.8 Å². The first kappa shape index (κ1) is 15.9. The Morgan fingerprint density at radius 2 is 1.93 bits per heavy atom. The van der Waals surface area contributed by atoms with Gasteiger partial charge in [0, 0.05) is 34.5 Å². The van der Waals surface area contributed by atoms with Crippen molar-refractivity contribution < 1.29 is 4.39 Å². The van der Waals surface area contributed by atoms with E-state index in [1.54, 1.807) is 10.8 Å². The predicted octanol–water partition coefficient (Wildman–Crippen LogP) is 3.86. The van der Waals surface area contributed by atoms with Crippen molar-refractivity contribution in [3.05, 3.63) is 57.6 Å². The molecule has 0 atom stereocenters. The summed E-state index contributed by atoms with van der Waals surface area (Å²) in [5.74, 6) is 0.194. The van der Waals surface area contributed by atoms with Crippen LogP contribution in [0.3, 0.4) is 0 Å². The zero-order chi connectivity index (χ0) is 19.0. The van der Waals surface area contributed by atoms with Crippen molar-refractivity contribution in [2.45, 2.75) is 44.4 Å². The van der Waals surface area contributed by atoms with E-state index in [-0.39, 0.29) is 17.3 Å². The molecule has 0 saturated heterocycles. The maximum atomic E-state index is 14.8. The number of fused-ring (bicyclic) bond motifs is 3. The van der Waals surface area contributed by atoms with Crippen LogP contribution in [0.5, 0.6) is 0 Å². The molecule has 140 valence electrons. The monoisotopic (exact) mass is 375 g/mol. The molecule has 2 fully saturated rings. The fourth-order valence-corrected chi connectivity index (χ4v) is 4.10. The van der Waals surface area contributed by atoms with Gasteiger partial charge in [0.25, 0.3) is 5.56 Å². The van der Waals surface area contributed by atoms with Crippen molar-refractivity contribution in [1.29, 1.82) is 0 Å². The molecule has 2 aliphatic rings. The number of nitrogens with zero attached hydrogens (tertiary/aromatic N) is 4.